The van der Waals surface area contributed by atoms with Gasteiger partial charge in [-0.2, -0.15) is 0 Å². The quantitative estimate of drug-likeness (QED) is 0.618. The molecule has 0 aromatic carbocycles. The van der Waals surface area contributed by atoms with E-state index in [9.17, 15) is 4.79 Å². The molecule has 3 N–H and O–H groups in total. The van der Waals surface area contributed by atoms with Crippen molar-refractivity contribution in [3.63, 3.8) is 0 Å². The fraction of sp³-hybridized carbons (Fsp3) is 0.571. The van der Waals surface area contributed by atoms with Crippen LogP contribution in [0, 0.1) is 0 Å². The number of nitrogens with one attached hydrogen (secondary N) is 1. The van der Waals surface area contributed by atoms with E-state index < -0.39 is 0 Å². The van der Waals surface area contributed by atoms with E-state index in [-0.39, 0.29) is 5.91 Å². The molecule has 1 saturated heterocycles. The van der Waals surface area contributed by atoms with Crippen molar-refractivity contribution in [2.45, 2.75) is 26.3 Å². The third-order valence-electron chi connectivity index (χ3n) is 3.99. The number of nitrogens with two attached hydrogens (primary N) is 1. The molecule has 1 aromatic heterocycles. The Labute approximate surface area is 119 Å². The van der Waals surface area contributed by atoms with Crippen LogP contribution in [0.5, 0.6) is 0 Å². The molecule has 6 heteroatoms. The van der Waals surface area contributed by atoms with Gasteiger partial charge in [-0.1, -0.05) is 13.8 Å². The zero-order valence-electron chi connectivity index (χ0n) is 12.2. The Balaban J connectivity index is 2.08. The van der Waals surface area contributed by atoms with Crippen molar-refractivity contribution >= 4 is 11.6 Å². The van der Waals surface area contributed by atoms with E-state index in [1.807, 2.05) is 4.90 Å². The van der Waals surface area contributed by atoms with E-state index in [4.69, 9.17) is 5.84 Å². The number of hydrogen-bond donors (Lipinski definition) is 2. The number of hydrazine groups is 1. The van der Waals surface area contributed by atoms with Crippen molar-refractivity contribution in [2.75, 3.05) is 31.6 Å². The minimum Gasteiger partial charge on any atom is -0.337 e. The topological polar surface area (TPSA) is 74.5 Å². The van der Waals surface area contributed by atoms with Crippen molar-refractivity contribution in [1.82, 2.24) is 14.8 Å². The fourth-order valence-electron chi connectivity index (χ4n) is 2.83. The molecule has 1 unspecified atom stereocenters. The molecule has 0 bridgehead atoms. The number of nitrogen functional groups attached to an aromatic ring is 1. The van der Waals surface area contributed by atoms with Crippen LogP contribution in [0.4, 0.5) is 5.69 Å². The number of aromatic nitrogens is 1. The van der Waals surface area contributed by atoms with Crippen LogP contribution in [0.1, 0.15) is 30.6 Å². The van der Waals surface area contributed by atoms with Gasteiger partial charge >= 0.3 is 0 Å². The van der Waals surface area contributed by atoms with Crippen LogP contribution in [-0.2, 0) is 0 Å². The number of amides is 1. The third kappa shape index (κ3) is 2.91. The Kier molecular flexibility index (Phi) is 4.92. The highest BCUT2D eigenvalue weighted by Crippen LogP contribution is 2.21. The summed E-state index contributed by atoms with van der Waals surface area (Å²) < 4.78 is 0. The summed E-state index contributed by atoms with van der Waals surface area (Å²) in [6.07, 6.45) is 4.22. The molecule has 0 saturated carbocycles. The van der Waals surface area contributed by atoms with Crippen LogP contribution >= 0.6 is 0 Å². The van der Waals surface area contributed by atoms with E-state index in [2.05, 4.69) is 29.2 Å². The number of anilines is 1. The number of carbonyl (C=O) groups is 1. The lowest BCUT2D eigenvalue weighted by molar-refractivity contribution is 0.0778. The Morgan fingerprint density at radius 2 is 2.30 bits per heavy atom. The Morgan fingerprint density at radius 1 is 1.55 bits per heavy atom. The summed E-state index contributed by atoms with van der Waals surface area (Å²) in [5, 5.41) is 0. The van der Waals surface area contributed by atoms with Crippen molar-refractivity contribution in [1.29, 1.82) is 0 Å². The van der Waals surface area contributed by atoms with Gasteiger partial charge in [0.15, 0.2) is 0 Å². The minimum atomic E-state index is 0.000654. The number of hydrogen-bond acceptors (Lipinski definition) is 5. The molecule has 0 radical (unpaired) electrons. The lowest BCUT2D eigenvalue weighted by Gasteiger charge is -2.26. The summed E-state index contributed by atoms with van der Waals surface area (Å²) in [5.41, 5.74) is 3.72. The summed E-state index contributed by atoms with van der Waals surface area (Å²) >= 11 is 0. The molecule has 0 aliphatic carbocycles. The van der Waals surface area contributed by atoms with E-state index in [1.54, 1.807) is 18.5 Å². The maximum Gasteiger partial charge on any atom is 0.257 e. The summed E-state index contributed by atoms with van der Waals surface area (Å²) in [6.45, 7) is 7.92. The predicted octanol–water partition coefficient (Wildman–Crippen LogP) is 0.924. The summed E-state index contributed by atoms with van der Waals surface area (Å²) in [6, 6.07) is 2.17. The van der Waals surface area contributed by atoms with Gasteiger partial charge in [-0.25, -0.2) is 0 Å². The van der Waals surface area contributed by atoms with Crippen molar-refractivity contribution in [3.05, 3.63) is 24.0 Å². The molecule has 1 aromatic rings. The first-order chi connectivity index (χ1) is 9.71. The lowest BCUT2D eigenvalue weighted by Crippen LogP contribution is -2.38. The smallest absolute Gasteiger partial charge is 0.257 e. The van der Waals surface area contributed by atoms with Gasteiger partial charge in [0.05, 0.1) is 11.3 Å². The first kappa shape index (κ1) is 14.7. The molecule has 2 heterocycles. The van der Waals surface area contributed by atoms with Gasteiger partial charge in [-0.3, -0.25) is 20.5 Å². The Morgan fingerprint density at radius 3 is 2.95 bits per heavy atom. The molecule has 1 aliphatic heterocycles. The molecule has 1 fully saturated rings. The third-order valence-corrected chi connectivity index (χ3v) is 3.99. The molecule has 1 amide bonds. The monoisotopic (exact) mass is 277 g/mol. The first-order valence-electron chi connectivity index (χ1n) is 7.15. The zero-order chi connectivity index (χ0) is 14.5. The highest BCUT2D eigenvalue weighted by Gasteiger charge is 2.30. The minimum absolute atomic E-state index is 0.000654. The Hall–Kier alpha value is -1.66. The first-order valence-corrected chi connectivity index (χ1v) is 7.15. The molecule has 6 nitrogen and oxygen atoms in total. The average molecular weight is 277 g/mol. The number of likely N-dealkylation sites (N-methyl/N-ethyl adjacent to an activating group) is 1. The van der Waals surface area contributed by atoms with Gasteiger partial charge in [0, 0.05) is 31.5 Å². The molecule has 0 spiro atoms. The van der Waals surface area contributed by atoms with Gasteiger partial charge in [0.2, 0.25) is 0 Å². The second-order valence-electron chi connectivity index (χ2n) is 4.98. The number of likely N-dealkylation sites (tertiary alicyclic amines) is 1. The molecule has 1 atom stereocenters. The highest BCUT2D eigenvalue weighted by atomic mass is 16.2. The predicted molar refractivity (Wildman–Crippen MR) is 79.3 cm³/mol. The van der Waals surface area contributed by atoms with Crippen LogP contribution in [0.2, 0.25) is 0 Å². The van der Waals surface area contributed by atoms with Crippen LogP contribution in [0.15, 0.2) is 18.5 Å². The molecule has 110 valence electrons. The second kappa shape index (κ2) is 6.67. The molecule has 1 aliphatic rings. The summed E-state index contributed by atoms with van der Waals surface area (Å²) in [7, 11) is 0. The van der Waals surface area contributed by atoms with Gasteiger partial charge in [0.1, 0.15) is 0 Å². The molecule has 20 heavy (non-hydrogen) atoms. The summed E-state index contributed by atoms with van der Waals surface area (Å²) in [5.74, 6) is 5.45. The maximum absolute atomic E-state index is 12.5. The normalized spacial score (nSPS) is 18.6. The lowest BCUT2D eigenvalue weighted by atomic mass is 10.2. The standard InChI is InChI=1S/C14H23N5O/c1-3-18(4-2)11-6-8-19(10-11)14(20)12-9-16-7-5-13(12)17-15/h5,7,9,11H,3-4,6,8,10,15H2,1-2H3,(H,16,17). The van der Waals surface area contributed by atoms with E-state index >= 15 is 0 Å². The number of carbonyl (C=O) groups excluding carboxylic acids is 1. The summed E-state index contributed by atoms with van der Waals surface area (Å²) in [4.78, 5) is 20.9. The van der Waals surface area contributed by atoms with Crippen LogP contribution in [0.3, 0.4) is 0 Å². The highest BCUT2D eigenvalue weighted by molar-refractivity contribution is 5.99. The van der Waals surface area contributed by atoms with E-state index in [1.165, 1.54) is 0 Å². The van der Waals surface area contributed by atoms with Crippen molar-refractivity contribution in [2.24, 2.45) is 5.84 Å². The van der Waals surface area contributed by atoms with Gasteiger partial charge in [-0.15, -0.1) is 0 Å². The van der Waals surface area contributed by atoms with E-state index in [0.29, 0.717) is 17.3 Å². The molecular formula is C14H23N5O. The molecular weight excluding hydrogens is 254 g/mol. The number of nitrogens with zero attached hydrogens (tertiary/aromatic N) is 3. The zero-order valence-corrected chi connectivity index (χ0v) is 12.2. The van der Waals surface area contributed by atoms with Crippen molar-refractivity contribution in [3.8, 4) is 0 Å². The maximum atomic E-state index is 12.5. The van der Waals surface area contributed by atoms with Crippen LogP contribution in [-0.4, -0.2) is 52.9 Å². The largest absolute Gasteiger partial charge is 0.337 e. The Bertz CT molecular complexity index is 461. The number of rotatable bonds is 5. The van der Waals surface area contributed by atoms with Gasteiger partial charge in [0.25, 0.3) is 5.91 Å². The van der Waals surface area contributed by atoms with E-state index in [0.717, 1.165) is 32.6 Å². The van der Waals surface area contributed by atoms with Crippen molar-refractivity contribution < 1.29 is 4.79 Å². The average Bonchev–Trinajstić information content (AvgIpc) is 2.97. The number of pyridine rings is 1. The molecule has 2 rings (SSSR count). The van der Waals surface area contributed by atoms with Gasteiger partial charge in [-0.05, 0) is 25.6 Å². The second-order valence-corrected chi connectivity index (χ2v) is 4.98. The van der Waals surface area contributed by atoms with Crippen LogP contribution < -0.4 is 11.3 Å². The fourth-order valence-corrected chi connectivity index (χ4v) is 2.83. The van der Waals surface area contributed by atoms with Crippen LogP contribution in [0.25, 0.3) is 0 Å². The SMILES string of the molecule is CCN(CC)C1CCN(C(=O)c2cnccc2NN)C1. The van der Waals surface area contributed by atoms with Gasteiger partial charge < -0.3 is 10.3 Å².